The van der Waals surface area contributed by atoms with E-state index in [9.17, 15) is 5.11 Å². The molecule has 0 saturated carbocycles. The summed E-state index contributed by atoms with van der Waals surface area (Å²) in [5.74, 6) is 2.46. The quantitative estimate of drug-likeness (QED) is 0.638. The first kappa shape index (κ1) is 17.9. The number of benzene rings is 2. The van der Waals surface area contributed by atoms with Crippen LogP contribution in [0.2, 0.25) is 0 Å². The van der Waals surface area contributed by atoms with Crippen LogP contribution >= 0.6 is 0 Å². The van der Waals surface area contributed by atoms with Crippen LogP contribution in [0.4, 0.5) is 0 Å². The Morgan fingerprint density at radius 3 is 2.42 bits per heavy atom. The van der Waals surface area contributed by atoms with Crippen LogP contribution in [0, 0.1) is 19.8 Å². The highest BCUT2D eigenvalue weighted by Crippen LogP contribution is 2.38. The van der Waals surface area contributed by atoms with Gasteiger partial charge in [0.15, 0.2) is 5.75 Å². The summed E-state index contributed by atoms with van der Waals surface area (Å²) in [6.45, 7) is 8.81. The largest absolute Gasteiger partial charge is 0.507 e. The molecule has 0 fully saturated rings. The van der Waals surface area contributed by atoms with Crippen molar-refractivity contribution >= 4 is 0 Å². The summed E-state index contributed by atoms with van der Waals surface area (Å²) in [5, 5.41) is 17.4. The Morgan fingerprint density at radius 1 is 1.04 bits per heavy atom. The summed E-state index contributed by atoms with van der Waals surface area (Å²) in [4.78, 5) is 0. The Labute approximate surface area is 153 Å². The number of aromatic amines is 1. The molecule has 1 aromatic heterocycles. The third kappa shape index (κ3) is 4.17. The van der Waals surface area contributed by atoms with E-state index in [-0.39, 0.29) is 5.75 Å². The lowest BCUT2D eigenvalue weighted by Crippen LogP contribution is -2.04. The van der Waals surface area contributed by atoms with Crippen molar-refractivity contribution in [3.63, 3.8) is 0 Å². The van der Waals surface area contributed by atoms with Crippen molar-refractivity contribution in [1.29, 1.82) is 0 Å². The second-order valence-corrected chi connectivity index (χ2v) is 6.92. The fourth-order valence-corrected chi connectivity index (χ4v) is 2.74. The first-order chi connectivity index (χ1) is 12.4. The highest BCUT2D eigenvalue weighted by molar-refractivity contribution is 5.73. The average molecular weight is 352 g/mol. The van der Waals surface area contributed by atoms with Gasteiger partial charge in [-0.3, -0.25) is 5.10 Å². The number of nitrogens with zero attached hydrogens (tertiary/aromatic N) is 1. The van der Waals surface area contributed by atoms with Gasteiger partial charge >= 0.3 is 0 Å². The number of hydrogen-bond donors (Lipinski definition) is 2. The number of phenolic OH excluding ortho intramolecular Hbond substituents is 1. The van der Waals surface area contributed by atoms with Crippen LogP contribution < -0.4 is 9.47 Å². The molecule has 136 valence electrons. The second-order valence-electron chi connectivity index (χ2n) is 6.92. The van der Waals surface area contributed by atoms with Crippen LogP contribution in [0.15, 0.2) is 42.6 Å². The molecule has 5 heteroatoms. The summed E-state index contributed by atoms with van der Waals surface area (Å²) >= 11 is 0. The first-order valence-corrected chi connectivity index (χ1v) is 8.68. The SMILES string of the molecule is Cc1cc(C)cc(Oc2cn[nH]c2-c2ccc(OCC(C)C)cc2O)c1. The number of aryl methyl sites for hydroxylation is 2. The first-order valence-electron chi connectivity index (χ1n) is 8.68. The van der Waals surface area contributed by atoms with Gasteiger partial charge in [-0.2, -0.15) is 5.10 Å². The minimum Gasteiger partial charge on any atom is -0.507 e. The van der Waals surface area contributed by atoms with Crippen molar-refractivity contribution in [3.05, 3.63) is 53.7 Å². The smallest absolute Gasteiger partial charge is 0.173 e. The standard InChI is InChI=1S/C21H24N2O3/c1-13(2)12-25-16-5-6-18(19(24)10-16)21-20(11-22-23-21)26-17-8-14(3)7-15(4)9-17/h5-11,13,24H,12H2,1-4H3,(H,22,23). The molecular weight excluding hydrogens is 328 g/mol. The Kier molecular flexibility index (Phi) is 5.16. The monoisotopic (exact) mass is 352 g/mol. The highest BCUT2D eigenvalue weighted by atomic mass is 16.5. The number of nitrogens with one attached hydrogen (secondary N) is 1. The van der Waals surface area contributed by atoms with Crippen molar-refractivity contribution in [2.45, 2.75) is 27.7 Å². The zero-order valence-electron chi connectivity index (χ0n) is 15.5. The van der Waals surface area contributed by atoms with Gasteiger partial charge in [0.2, 0.25) is 0 Å². The van der Waals surface area contributed by atoms with E-state index in [4.69, 9.17) is 9.47 Å². The third-order valence-corrected chi connectivity index (χ3v) is 3.85. The minimum atomic E-state index is 0.112. The fraction of sp³-hybridized carbons (Fsp3) is 0.286. The Balaban J connectivity index is 1.86. The van der Waals surface area contributed by atoms with Gasteiger partial charge < -0.3 is 14.6 Å². The molecule has 5 nitrogen and oxygen atoms in total. The predicted molar refractivity (Wildman–Crippen MR) is 102 cm³/mol. The highest BCUT2D eigenvalue weighted by Gasteiger charge is 2.15. The average Bonchev–Trinajstić information content (AvgIpc) is 3.00. The van der Waals surface area contributed by atoms with Gasteiger partial charge in [-0.25, -0.2) is 0 Å². The molecule has 3 rings (SSSR count). The van der Waals surface area contributed by atoms with E-state index in [1.807, 2.05) is 32.0 Å². The van der Waals surface area contributed by atoms with E-state index in [2.05, 4.69) is 30.1 Å². The van der Waals surface area contributed by atoms with Gasteiger partial charge in [0.25, 0.3) is 0 Å². The summed E-state index contributed by atoms with van der Waals surface area (Å²) in [6, 6.07) is 11.3. The normalized spacial score (nSPS) is 11.0. The molecule has 0 aliphatic rings. The van der Waals surface area contributed by atoms with Gasteiger partial charge in [0.05, 0.1) is 12.8 Å². The Hall–Kier alpha value is -2.95. The predicted octanol–water partition coefficient (Wildman–Crippen LogP) is 5.23. The molecule has 0 saturated heterocycles. The molecule has 2 aromatic carbocycles. The number of phenols is 1. The van der Waals surface area contributed by atoms with E-state index in [1.54, 1.807) is 18.3 Å². The summed E-state index contributed by atoms with van der Waals surface area (Å²) in [7, 11) is 0. The molecule has 0 unspecified atom stereocenters. The van der Waals surface area contributed by atoms with Crippen LogP contribution in [0.1, 0.15) is 25.0 Å². The Morgan fingerprint density at radius 2 is 1.77 bits per heavy atom. The lowest BCUT2D eigenvalue weighted by Gasteiger charge is -2.12. The van der Waals surface area contributed by atoms with Crippen molar-refractivity contribution in [1.82, 2.24) is 10.2 Å². The lowest BCUT2D eigenvalue weighted by molar-refractivity contribution is 0.270. The molecule has 3 aromatic rings. The third-order valence-electron chi connectivity index (χ3n) is 3.85. The van der Waals surface area contributed by atoms with Gasteiger partial charge in [-0.05, 0) is 55.2 Å². The van der Waals surface area contributed by atoms with Crippen LogP contribution in [0.3, 0.4) is 0 Å². The molecular formula is C21H24N2O3. The minimum absolute atomic E-state index is 0.112. The van der Waals surface area contributed by atoms with Gasteiger partial charge in [-0.15, -0.1) is 0 Å². The summed E-state index contributed by atoms with van der Waals surface area (Å²) in [5.41, 5.74) is 3.48. The van der Waals surface area contributed by atoms with E-state index in [0.29, 0.717) is 35.3 Å². The zero-order valence-corrected chi connectivity index (χ0v) is 15.5. The number of H-pyrrole nitrogens is 1. The van der Waals surface area contributed by atoms with E-state index < -0.39 is 0 Å². The van der Waals surface area contributed by atoms with Gasteiger partial charge in [0.1, 0.15) is 22.9 Å². The molecule has 2 N–H and O–H groups in total. The molecule has 0 bridgehead atoms. The molecule has 1 heterocycles. The molecule has 0 spiro atoms. The number of rotatable bonds is 6. The second kappa shape index (κ2) is 7.52. The number of aromatic hydroxyl groups is 1. The topological polar surface area (TPSA) is 67.4 Å². The molecule has 0 atom stereocenters. The van der Waals surface area contributed by atoms with Crippen molar-refractivity contribution in [2.24, 2.45) is 5.92 Å². The summed E-state index contributed by atoms with van der Waals surface area (Å²) < 4.78 is 11.6. The summed E-state index contributed by atoms with van der Waals surface area (Å²) in [6.07, 6.45) is 1.61. The molecule has 0 aliphatic carbocycles. The van der Waals surface area contributed by atoms with Crippen LogP contribution in [-0.2, 0) is 0 Å². The van der Waals surface area contributed by atoms with Gasteiger partial charge in [-0.1, -0.05) is 19.9 Å². The molecule has 0 aliphatic heterocycles. The van der Waals surface area contributed by atoms with Gasteiger partial charge in [0, 0.05) is 11.6 Å². The van der Waals surface area contributed by atoms with Crippen molar-refractivity contribution < 1.29 is 14.6 Å². The molecule has 26 heavy (non-hydrogen) atoms. The van der Waals surface area contributed by atoms with Crippen LogP contribution in [0.5, 0.6) is 23.0 Å². The zero-order chi connectivity index (χ0) is 18.7. The van der Waals surface area contributed by atoms with E-state index in [0.717, 1.165) is 16.9 Å². The van der Waals surface area contributed by atoms with Crippen molar-refractivity contribution in [3.8, 4) is 34.3 Å². The molecule has 0 amide bonds. The van der Waals surface area contributed by atoms with Crippen LogP contribution in [0.25, 0.3) is 11.3 Å². The maximum Gasteiger partial charge on any atom is 0.173 e. The number of aromatic nitrogens is 2. The van der Waals surface area contributed by atoms with Crippen LogP contribution in [-0.4, -0.2) is 21.9 Å². The number of ether oxygens (including phenoxy) is 2. The maximum atomic E-state index is 10.4. The Bertz CT molecular complexity index is 880. The lowest BCUT2D eigenvalue weighted by atomic mass is 10.1. The van der Waals surface area contributed by atoms with E-state index >= 15 is 0 Å². The molecule has 0 radical (unpaired) electrons. The fourth-order valence-electron chi connectivity index (χ4n) is 2.74. The number of hydrogen-bond acceptors (Lipinski definition) is 4. The van der Waals surface area contributed by atoms with Crippen molar-refractivity contribution in [2.75, 3.05) is 6.61 Å². The van der Waals surface area contributed by atoms with E-state index in [1.165, 1.54) is 0 Å². The maximum absolute atomic E-state index is 10.4.